The van der Waals surface area contributed by atoms with Crippen molar-refractivity contribution in [3.63, 3.8) is 0 Å². The number of rotatable bonds is 6. The zero-order valence-corrected chi connectivity index (χ0v) is 12.6. The Morgan fingerprint density at radius 1 is 1.45 bits per heavy atom. The maximum atomic E-state index is 13.3. The Kier molecular flexibility index (Phi) is 5.21. The molecule has 1 amide bonds. The van der Waals surface area contributed by atoms with Crippen molar-refractivity contribution in [2.75, 3.05) is 20.1 Å². The van der Waals surface area contributed by atoms with Crippen LogP contribution in [-0.2, 0) is 11.3 Å². The number of carbonyl (C=O) groups excluding carboxylic acids is 1. The van der Waals surface area contributed by atoms with Crippen molar-refractivity contribution < 1.29 is 9.18 Å². The summed E-state index contributed by atoms with van der Waals surface area (Å²) in [7, 11) is 1.57. The van der Waals surface area contributed by atoms with E-state index in [-0.39, 0.29) is 18.0 Å². The Balaban J connectivity index is 2.28. The number of amides is 1. The van der Waals surface area contributed by atoms with Crippen LogP contribution in [0.2, 0.25) is 0 Å². The van der Waals surface area contributed by atoms with Gasteiger partial charge in [-0.1, -0.05) is 6.92 Å². The lowest BCUT2D eigenvalue weighted by atomic mass is 10.2. The van der Waals surface area contributed by atoms with Gasteiger partial charge in [-0.25, -0.2) is 9.37 Å². The van der Waals surface area contributed by atoms with Crippen LogP contribution in [0.25, 0.3) is 10.9 Å². The molecule has 22 heavy (non-hydrogen) atoms. The van der Waals surface area contributed by atoms with E-state index in [1.54, 1.807) is 7.05 Å². The van der Waals surface area contributed by atoms with E-state index >= 15 is 0 Å². The molecular formula is C15H19FN4O2. The lowest BCUT2D eigenvalue weighted by molar-refractivity contribution is -0.121. The lowest BCUT2D eigenvalue weighted by Crippen LogP contribution is -2.36. The molecule has 0 radical (unpaired) electrons. The van der Waals surface area contributed by atoms with Gasteiger partial charge in [-0.2, -0.15) is 0 Å². The monoisotopic (exact) mass is 306 g/mol. The molecule has 2 aromatic rings. The molecule has 0 unspecified atom stereocenters. The molecule has 0 spiro atoms. The van der Waals surface area contributed by atoms with Crippen molar-refractivity contribution in [2.24, 2.45) is 0 Å². The van der Waals surface area contributed by atoms with Crippen LogP contribution >= 0.6 is 0 Å². The van der Waals surface area contributed by atoms with Crippen molar-refractivity contribution in [3.8, 4) is 0 Å². The molecule has 1 heterocycles. The Labute approximate surface area is 127 Å². The fraction of sp³-hybridized carbons (Fsp3) is 0.400. The minimum absolute atomic E-state index is 0.109. The first-order valence-corrected chi connectivity index (χ1v) is 7.15. The predicted molar refractivity (Wildman–Crippen MR) is 82.0 cm³/mol. The first kappa shape index (κ1) is 16.1. The summed E-state index contributed by atoms with van der Waals surface area (Å²) in [4.78, 5) is 32.4. The molecule has 0 saturated heterocycles. The molecule has 7 heteroatoms. The van der Waals surface area contributed by atoms with Crippen LogP contribution in [0.3, 0.4) is 0 Å². The van der Waals surface area contributed by atoms with Gasteiger partial charge in [0.15, 0.2) is 0 Å². The zero-order valence-electron chi connectivity index (χ0n) is 12.6. The molecular weight excluding hydrogens is 287 g/mol. The van der Waals surface area contributed by atoms with Crippen LogP contribution in [-0.4, -0.2) is 40.9 Å². The van der Waals surface area contributed by atoms with Gasteiger partial charge in [-0.05, 0) is 25.1 Å². The first-order valence-electron chi connectivity index (χ1n) is 7.15. The topological polar surface area (TPSA) is 78.1 Å². The molecule has 0 aliphatic carbocycles. The van der Waals surface area contributed by atoms with Crippen LogP contribution in [0, 0.1) is 5.82 Å². The number of aromatic amines is 1. The Bertz CT molecular complexity index is 729. The zero-order chi connectivity index (χ0) is 16.1. The highest BCUT2D eigenvalue weighted by Gasteiger charge is 2.12. The van der Waals surface area contributed by atoms with Gasteiger partial charge in [0.1, 0.15) is 11.6 Å². The quantitative estimate of drug-likeness (QED) is 0.835. The van der Waals surface area contributed by atoms with Gasteiger partial charge in [0, 0.05) is 13.1 Å². The number of hydrogen-bond donors (Lipinski definition) is 2. The van der Waals surface area contributed by atoms with Crippen molar-refractivity contribution in [3.05, 3.63) is 40.2 Å². The summed E-state index contributed by atoms with van der Waals surface area (Å²) in [5.41, 5.74) is 0.00605. The van der Waals surface area contributed by atoms with Crippen LogP contribution < -0.4 is 10.9 Å². The number of nitrogens with zero attached hydrogens (tertiary/aromatic N) is 2. The minimum Gasteiger partial charge on any atom is -0.358 e. The van der Waals surface area contributed by atoms with E-state index in [0.29, 0.717) is 29.8 Å². The summed E-state index contributed by atoms with van der Waals surface area (Å²) in [5.74, 6) is -0.129. The molecule has 118 valence electrons. The average Bonchev–Trinajstić information content (AvgIpc) is 2.46. The summed E-state index contributed by atoms with van der Waals surface area (Å²) in [6, 6.07) is 3.87. The smallest absolute Gasteiger partial charge is 0.258 e. The minimum atomic E-state index is -0.438. The largest absolute Gasteiger partial charge is 0.358 e. The van der Waals surface area contributed by atoms with Crippen molar-refractivity contribution in [2.45, 2.75) is 19.9 Å². The van der Waals surface area contributed by atoms with Crippen molar-refractivity contribution in [1.29, 1.82) is 0 Å². The number of fused-ring (bicyclic) bond motifs is 1. The van der Waals surface area contributed by atoms with E-state index < -0.39 is 5.82 Å². The Morgan fingerprint density at radius 3 is 2.91 bits per heavy atom. The van der Waals surface area contributed by atoms with Gasteiger partial charge in [0.2, 0.25) is 5.91 Å². The maximum Gasteiger partial charge on any atom is 0.258 e. The first-order chi connectivity index (χ1) is 10.5. The van der Waals surface area contributed by atoms with Crippen LogP contribution in [0.4, 0.5) is 4.39 Å². The van der Waals surface area contributed by atoms with Crippen LogP contribution in [0.15, 0.2) is 23.0 Å². The predicted octanol–water partition coefficient (Wildman–Crippen LogP) is 1.02. The third-order valence-corrected chi connectivity index (χ3v) is 3.28. The molecule has 2 N–H and O–H groups in total. The van der Waals surface area contributed by atoms with E-state index in [2.05, 4.69) is 15.3 Å². The standard InChI is InChI=1S/C15H19FN4O2/c1-3-6-20(9-14(21)17-2)8-13-18-12-7-10(16)4-5-11(12)15(22)19-13/h4-5,7H,3,6,8-9H2,1-2H3,(H,17,21)(H,18,19,22). The summed E-state index contributed by atoms with van der Waals surface area (Å²) in [6.45, 7) is 3.24. The molecule has 6 nitrogen and oxygen atoms in total. The number of aromatic nitrogens is 2. The van der Waals surface area contributed by atoms with Crippen molar-refractivity contribution >= 4 is 16.8 Å². The lowest BCUT2D eigenvalue weighted by Gasteiger charge is -2.20. The highest BCUT2D eigenvalue weighted by Crippen LogP contribution is 2.10. The third kappa shape index (κ3) is 3.88. The van der Waals surface area contributed by atoms with Crippen molar-refractivity contribution in [1.82, 2.24) is 20.2 Å². The maximum absolute atomic E-state index is 13.3. The van der Waals surface area contributed by atoms with Gasteiger partial charge in [-0.3, -0.25) is 14.5 Å². The van der Waals surface area contributed by atoms with Gasteiger partial charge in [0.05, 0.1) is 24.0 Å². The fourth-order valence-corrected chi connectivity index (χ4v) is 2.26. The summed E-state index contributed by atoms with van der Waals surface area (Å²) in [6.07, 6.45) is 0.865. The fourth-order valence-electron chi connectivity index (χ4n) is 2.26. The number of nitrogens with one attached hydrogen (secondary N) is 2. The number of halogens is 1. The number of carbonyl (C=O) groups is 1. The normalized spacial score (nSPS) is 11.1. The molecule has 0 aliphatic heterocycles. The Morgan fingerprint density at radius 2 is 2.23 bits per heavy atom. The second-order valence-electron chi connectivity index (χ2n) is 5.06. The van der Waals surface area contributed by atoms with E-state index in [4.69, 9.17) is 0 Å². The van der Waals surface area contributed by atoms with E-state index in [0.717, 1.165) is 6.42 Å². The average molecular weight is 306 g/mol. The molecule has 0 aliphatic rings. The van der Waals surface area contributed by atoms with Crippen LogP contribution in [0.5, 0.6) is 0 Å². The molecule has 1 aromatic carbocycles. The van der Waals surface area contributed by atoms with Gasteiger partial charge >= 0.3 is 0 Å². The van der Waals surface area contributed by atoms with E-state index in [1.807, 2.05) is 11.8 Å². The second-order valence-corrected chi connectivity index (χ2v) is 5.06. The van der Waals surface area contributed by atoms with E-state index in [9.17, 15) is 14.0 Å². The SMILES string of the molecule is CCCN(CC(=O)NC)Cc1nc2cc(F)ccc2c(=O)[nH]1. The Hall–Kier alpha value is -2.28. The molecule has 0 saturated carbocycles. The highest BCUT2D eigenvalue weighted by molar-refractivity contribution is 5.78. The molecule has 1 aromatic heterocycles. The summed E-state index contributed by atoms with van der Waals surface area (Å²) in [5, 5.41) is 2.91. The van der Waals surface area contributed by atoms with E-state index in [1.165, 1.54) is 18.2 Å². The number of hydrogen-bond acceptors (Lipinski definition) is 4. The summed E-state index contributed by atoms with van der Waals surface area (Å²) >= 11 is 0. The molecule has 0 fully saturated rings. The molecule has 2 rings (SSSR count). The number of H-pyrrole nitrogens is 1. The third-order valence-electron chi connectivity index (χ3n) is 3.28. The molecule has 0 atom stereocenters. The van der Waals surface area contributed by atoms with Gasteiger partial charge in [-0.15, -0.1) is 0 Å². The highest BCUT2D eigenvalue weighted by atomic mass is 19.1. The number of likely N-dealkylation sites (N-methyl/N-ethyl adjacent to an activating group) is 1. The van der Waals surface area contributed by atoms with Crippen LogP contribution in [0.1, 0.15) is 19.2 Å². The van der Waals surface area contributed by atoms with Gasteiger partial charge < -0.3 is 10.3 Å². The van der Waals surface area contributed by atoms with Gasteiger partial charge in [0.25, 0.3) is 5.56 Å². The second kappa shape index (κ2) is 7.13. The summed E-state index contributed by atoms with van der Waals surface area (Å²) < 4.78 is 13.3. The number of benzene rings is 1. The molecule has 0 bridgehead atoms.